The average molecular weight is 527 g/mol. The van der Waals surface area contributed by atoms with Crippen LogP contribution in [0.4, 0.5) is 0 Å². The summed E-state index contributed by atoms with van der Waals surface area (Å²) in [6, 6.07) is 4.89. The lowest BCUT2D eigenvalue weighted by atomic mass is 9.93. The number of carbonyl (C=O) groups is 8. The molecule has 0 aliphatic heterocycles. The van der Waals surface area contributed by atoms with E-state index in [-0.39, 0.29) is 44.5 Å². The Bertz CT molecular complexity index is 1210. The van der Waals surface area contributed by atoms with Gasteiger partial charge in [0.2, 0.25) is 10.2 Å². The van der Waals surface area contributed by atoms with Crippen LogP contribution in [-0.4, -0.2) is 44.9 Å². The first-order valence-electron chi connectivity index (χ1n) is 10.5. The van der Waals surface area contributed by atoms with Crippen molar-refractivity contribution in [1.29, 1.82) is 0 Å². The van der Waals surface area contributed by atoms with Gasteiger partial charge in [0, 0.05) is 33.4 Å². The summed E-state index contributed by atoms with van der Waals surface area (Å²) < 4.78 is 0. The number of Topliss-reactive ketones (excluding diaryl/α,β-unsaturated/α-hetero) is 6. The van der Waals surface area contributed by atoms with Crippen molar-refractivity contribution in [1.82, 2.24) is 0 Å². The van der Waals surface area contributed by atoms with E-state index in [0.29, 0.717) is 21.6 Å². The Balaban J connectivity index is 2.56. The maximum atomic E-state index is 13.1. The van der Waals surface area contributed by atoms with Gasteiger partial charge in [-0.05, 0) is 87.4 Å². The molecule has 0 radical (unpaired) electrons. The summed E-state index contributed by atoms with van der Waals surface area (Å²) in [4.78, 5) is 98.9. The van der Waals surface area contributed by atoms with E-state index in [1.54, 1.807) is 0 Å². The zero-order valence-electron chi connectivity index (χ0n) is 20.4. The van der Waals surface area contributed by atoms with Crippen molar-refractivity contribution >= 4 is 66.5 Å². The predicted octanol–water partition coefficient (Wildman–Crippen LogP) is 5.26. The molecule has 0 spiro atoms. The molecule has 0 fully saturated rings. The molecule has 0 amide bonds. The summed E-state index contributed by atoms with van der Waals surface area (Å²) in [7, 11) is 0.821. The molecule has 0 bridgehead atoms. The zero-order valence-corrected chi connectivity index (χ0v) is 22.0. The Morgan fingerprint density at radius 3 is 0.806 bits per heavy atom. The number of carbonyl (C=O) groups excluding carboxylic acids is 8. The third-order valence-corrected chi connectivity index (χ3v) is 7.16. The Kier molecular flexibility index (Phi) is 9.17. The summed E-state index contributed by atoms with van der Waals surface area (Å²) in [5, 5.41) is -1.60. The molecule has 10 heteroatoms. The molecule has 0 unspecified atom stereocenters. The summed E-state index contributed by atoms with van der Waals surface area (Å²) in [5.41, 5.74) is -0.879. The Morgan fingerprint density at radius 2 is 0.639 bits per heavy atom. The molecule has 0 saturated heterocycles. The highest BCUT2D eigenvalue weighted by atomic mass is 33.1. The van der Waals surface area contributed by atoms with Crippen molar-refractivity contribution in [3.05, 3.63) is 68.8 Å². The monoisotopic (exact) mass is 526 g/mol. The van der Waals surface area contributed by atoms with Gasteiger partial charge in [0.25, 0.3) is 0 Å². The van der Waals surface area contributed by atoms with Crippen molar-refractivity contribution in [2.45, 2.75) is 41.5 Å². The molecule has 2 aromatic rings. The minimum Gasteiger partial charge on any atom is -0.295 e. The molecule has 0 aliphatic rings. The Morgan fingerprint density at radius 1 is 0.417 bits per heavy atom. The first-order valence-corrected chi connectivity index (χ1v) is 12.7. The van der Waals surface area contributed by atoms with Crippen molar-refractivity contribution in [3.63, 3.8) is 0 Å². The van der Waals surface area contributed by atoms with Crippen molar-refractivity contribution in [2.75, 3.05) is 0 Å². The molecule has 0 aliphatic carbocycles. The van der Waals surface area contributed by atoms with E-state index < -0.39 is 44.9 Å². The lowest BCUT2D eigenvalue weighted by molar-refractivity contribution is 0.0981. The molecule has 186 valence electrons. The third-order valence-electron chi connectivity index (χ3n) is 5.21. The topological polar surface area (TPSA) is 137 Å². The van der Waals surface area contributed by atoms with Crippen LogP contribution >= 0.6 is 21.6 Å². The fraction of sp³-hybridized carbons (Fsp3) is 0.231. The van der Waals surface area contributed by atoms with E-state index in [1.165, 1.54) is 65.8 Å². The van der Waals surface area contributed by atoms with Gasteiger partial charge in [-0.25, -0.2) is 0 Å². The Hall–Kier alpha value is -3.50. The van der Waals surface area contributed by atoms with Gasteiger partial charge in [-0.1, -0.05) is 0 Å². The third kappa shape index (κ3) is 6.19. The van der Waals surface area contributed by atoms with Gasteiger partial charge in [-0.15, -0.1) is 0 Å². The molecular formula is C26H22O8S2. The number of ketones is 6. The quantitative estimate of drug-likeness (QED) is 0.331. The number of benzene rings is 2. The zero-order chi connectivity index (χ0) is 27.5. The summed E-state index contributed by atoms with van der Waals surface area (Å²) in [6.45, 7) is 7.22. The maximum Gasteiger partial charge on any atom is 0.231 e. The highest BCUT2D eigenvalue weighted by molar-refractivity contribution is 8.87. The van der Waals surface area contributed by atoms with Crippen LogP contribution in [-0.2, 0) is 0 Å². The average Bonchev–Trinajstić information content (AvgIpc) is 2.79. The maximum absolute atomic E-state index is 13.1. The van der Waals surface area contributed by atoms with Gasteiger partial charge >= 0.3 is 0 Å². The van der Waals surface area contributed by atoms with E-state index >= 15 is 0 Å². The van der Waals surface area contributed by atoms with Gasteiger partial charge in [0.15, 0.2) is 34.7 Å². The van der Waals surface area contributed by atoms with Crippen LogP contribution in [0.5, 0.6) is 0 Å². The summed E-state index contributed by atoms with van der Waals surface area (Å²) in [6.07, 6.45) is 0. The molecule has 2 rings (SSSR count). The van der Waals surface area contributed by atoms with Crippen LogP contribution in [0.15, 0.2) is 24.3 Å². The molecule has 0 aromatic heterocycles. The molecule has 0 heterocycles. The first kappa shape index (κ1) is 28.7. The molecule has 8 nitrogen and oxygen atoms in total. The van der Waals surface area contributed by atoms with Crippen molar-refractivity contribution in [3.8, 4) is 0 Å². The minimum absolute atomic E-state index is 0.0819. The van der Waals surface area contributed by atoms with Crippen LogP contribution in [0.25, 0.3) is 0 Å². The molecule has 0 atom stereocenters. The van der Waals surface area contributed by atoms with Crippen LogP contribution in [0, 0.1) is 0 Å². The van der Waals surface area contributed by atoms with E-state index in [4.69, 9.17) is 0 Å². The van der Waals surface area contributed by atoms with Crippen LogP contribution < -0.4 is 0 Å². The minimum atomic E-state index is -0.798. The number of hydrogen-bond donors (Lipinski definition) is 0. The first-order chi connectivity index (χ1) is 16.7. The van der Waals surface area contributed by atoms with Gasteiger partial charge in [-0.2, -0.15) is 0 Å². The lowest BCUT2D eigenvalue weighted by Crippen LogP contribution is -2.15. The van der Waals surface area contributed by atoms with Gasteiger partial charge in [-0.3, -0.25) is 38.4 Å². The standard InChI is InChI=1S/C26H22O8S2/c1-11(27)17-7-19(13(3)29)23(20(8-17)14(4)30)25(33)35-36-26(34)24-21(15(5)31)9-18(12(2)28)10-22(24)16(6)32/h7-10H,1-6H3. The SMILES string of the molecule is CC(=O)c1cc(C(C)=O)c(C(=O)SSC(=O)c2c(C(C)=O)cc(C(C)=O)cc2C(C)=O)c(C(C)=O)c1. The molecule has 0 N–H and O–H groups in total. The van der Waals surface area contributed by atoms with E-state index in [1.807, 2.05) is 0 Å². The van der Waals surface area contributed by atoms with Crippen molar-refractivity contribution < 1.29 is 38.4 Å². The second-order valence-corrected chi connectivity index (χ2v) is 10.0. The molecular weight excluding hydrogens is 504 g/mol. The molecule has 36 heavy (non-hydrogen) atoms. The van der Waals surface area contributed by atoms with Gasteiger partial charge < -0.3 is 0 Å². The van der Waals surface area contributed by atoms with Crippen LogP contribution in [0.2, 0.25) is 0 Å². The fourth-order valence-corrected chi connectivity index (χ4v) is 5.11. The second-order valence-electron chi connectivity index (χ2n) is 7.97. The van der Waals surface area contributed by atoms with E-state index in [2.05, 4.69) is 0 Å². The molecule has 0 saturated carbocycles. The van der Waals surface area contributed by atoms with Gasteiger partial charge in [0.05, 0.1) is 11.1 Å². The molecule has 2 aromatic carbocycles. The lowest BCUT2D eigenvalue weighted by Gasteiger charge is -2.14. The highest BCUT2D eigenvalue weighted by Crippen LogP contribution is 2.35. The van der Waals surface area contributed by atoms with E-state index in [0.717, 1.165) is 0 Å². The summed E-state index contributed by atoms with van der Waals surface area (Å²) in [5.74, 6) is -3.04. The summed E-state index contributed by atoms with van der Waals surface area (Å²) >= 11 is 0. The van der Waals surface area contributed by atoms with E-state index in [9.17, 15) is 38.4 Å². The second kappa shape index (κ2) is 11.5. The Labute approximate surface area is 215 Å². The van der Waals surface area contributed by atoms with Gasteiger partial charge in [0.1, 0.15) is 0 Å². The largest absolute Gasteiger partial charge is 0.295 e. The fourth-order valence-electron chi connectivity index (χ4n) is 3.40. The van der Waals surface area contributed by atoms with Crippen molar-refractivity contribution in [2.24, 2.45) is 0 Å². The highest BCUT2D eigenvalue weighted by Gasteiger charge is 2.28. The van der Waals surface area contributed by atoms with Crippen LogP contribution in [0.3, 0.4) is 0 Å². The predicted molar refractivity (Wildman–Crippen MR) is 137 cm³/mol. The van der Waals surface area contributed by atoms with Crippen LogP contribution in [0.1, 0.15) is 124 Å². The normalized spacial score (nSPS) is 10.5. The number of hydrogen-bond acceptors (Lipinski definition) is 10. The smallest absolute Gasteiger partial charge is 0.231 e. The number of rotatable bonds is 8.